The Balaban J connectivity index is 1.32. The maximum Gasteiger partial charge on any atom is 0.252 e. The minimum atomic E-state index is -3.47. The molecule has 164 valence electrons. The molecule has 7 heteroatoms. The van der Waals surface area contributed by atoms with Crippen molar-refractivity contribution in [3.05, 3.63) is 28.8 Å². The molecule has 4 bridgehead atoms. The first-order chi connectivity index (χ1) is 14.3. The molecular formula is C23H31ClN2O3S. The second-order valence-corrected chi connectivity index (χ2v) is 12.9. The molecule has 4 aliphatic carbocycles. The number of amides is 1. The third kappa shape index (κ3) is 3.80. The van der Waals surface area contributed by atoms with Crippen molar-refractivity contribution < 1.29 is 13.2 Å². The molecule has 5 aliphatic rings. The molecule has 0 unspecified atom stereocenters. The maximum atomic E-state index is 13.1. The van der Waals surface area contributed by atoms with Gasteiger partial charge in [0.2, 0.25) is 0 Å². The Labute approximate surface area is 184 Å². The van der Waals surface area contributed by atoms with Crippen molar-refractivity contribution in [2.75, 3.05) is 19.6 Å². The predicted molar refractivity (Wildman–Crippen MR) is 117 cm³/mol. The summed E-state index contributed by atoms with van der Waals surface area (Å²) in [7, 11) is -3.47. The van der Waals surface area contributed by atoms with Crippen LogP contribution < -0.4 is 10.6 Å². The molecule has 0 aromatic heterocycles. The molecule has 5 fully saturated rings. The van der Waals surface area contributed by atoms with E-state index in [-0.39, 0.29) is 21.8 Å². The average molecular weight is 451 g/mol. The number of hydrogen-bond acceptors (Lipinski definition) is 4. The first-order valence-electron chi connectivity index (χ1n) is 11.4. The van der Waals surface area contributed by atoms with Crippen LogP contribution in [0.25, 0.3) is 0 Å². The van der Waals surface area contributed by atoms with Crippen molar-refractivity contribution in [3.8, 4) is 0 Å². The highest BCUT2D eigenvalue weighted by molar-refractivity contribution is 7.92. The summed E-state index contributed by atoms with van der Waals surface area (Å²) in [5.41, 5.74) is 0.506. The number of nitrogens with one attached hydrogen (secondary N) is 2. The number of carbonyl (C=O) groups is 1. The standard InChI is InChI=1S/C23H31ClN2O3S/c24-21-2-1-19(30(28,29)18-3-5-25-6-4-18)10-20(21)22(27)26-14-23-11-15-7-16(12-23)9-17(8-15)13-23/h1-2,10,15-18,25H,3-9,11-14H2,(H,26,27). The molecule has 1 aromatic carbocycles. The second-order valence-electron chi connectivity index (χ2n) is 10.2. The van der Waals surface area contributed by atoms with Gasteiger partial charge >= 0.3 is 0 Å². The van der Waals surface area contributed by atoms with Crippen LogP contribution in [0.5, 0.6) is 0 Å². The summed E-state index contributed by atoms with van der Waals surface area (Å²) in [6.07, 6.45) is 8.96. The largest absolute Gasteiger partial charge is 0.351 e. The molecule has 1 heterocycles. The van der Waals surface area contributed by atoms with Crippen molar-refractivity contribution in [2.45, 2.75) is 61.5 Å². The number of benzene rings is 1. The van der Waals surface area contributed by atoms with E-state index in [1.165, 1.54) is 50.7 Å². The van der Waals surface area contributed by atoms with Crippen LogP contribution in [0.1, 0.15) is 61.7 Å². The van der Waals surface area contributed by atoms with Crippen LogP contribution in [-0.4, -0.2) is 39.2 Å². The Morgan fingerprint density at radius 3 is 2.27 bits per heavy atom. The lowest BCUT2D eigenvalue weighted by atomic mass is 9.49. The Bertz CT molecular complexity index is 904. The highest BCUT2D eigenvalue weighted by Gasteiger charge is 2.50. The lowest BCUT2D eigenvalue weighted by Gasteiger charge is -2.56. The van der Waals surface area contributed by atoms with Gasteiger partial charge in [0.05, 0.1) is 20.7 Å². The molecule has 5 nitrogen and oxygen atoms in total. The van der Waals surface area contributed by atoms with E-state index < -0.39 is 15.1 Å². The fourth-order valence-electron chi connectivity index (χ4n) is 7.02. The Hall–Kier alpha value is -1.11. The topological polar surface area (TPSA) is 75.3 Å². The molecular weight excluding hydrogens is 420 g/mol. The van der Waals surface area contributed by atoms with Gasteiger partial charge in [-0.1, -0.05) is 11.6 Å². The SMILES string of the molecule is O=C(NCC12CC3CC(CC(C3)C1)C2)c1cc(S(=O)(=O)C2CCNCC2)ccc1Cl. The summed E-state index contributed by atoms with van der Waals surface area (Å²) in [4.78, 5) is 13.2. The van der Waals surface area contributed by atoms with Crippen molar-refractivity contribution in [1.29, 1.82) is 0 Å². The summed E-state index contributed by atoms with van der Waals surface area (Å²) >= 11 is 6.32. The van der Waals surface area contributed by atoms with E-state index in [1.54, 1.807) is 6.07 Å². The predicted octanol–water partition coefficient (Wildman–Crippen LogP) is 3.81. The number of halogens is 1. The van der Waals surface area contributed by atoms with E-state index in [4.69, 9.17) is 11.6 Å². The quantitative estimate of drug-likeness (QED) is 0.715. The lowest BCUT2D eigenvalue weighted by molar-refractivity contribution is -0.0503. The summed E-state index contributed by atoms with van der Waals surface area (Å²) in [6.45, 7) is 2.09. The van der Waals surface area contributed by atoms with Crippen LogP contribution in [0.4, 0.5) is 0 Å². The van der Waals surface area contributed by atoms with Crippen LogP contribution in [-0.2, 0) is 9.84 Å². The molecule has 0 atom stereocenters. The summed E-state index contributed by atoms with van der Waals surface area (Å²) in [6, 6.07) is 4.57. The lowest BCUT2D eigenvalue weighted by Crippen LogP contribution is -2.51. The summed E-state index contributed by atoms with van der Waals surface area (Å²) in [5, 5.41) is 6.23. The van der Waals surface area contributed by atoms with Gasteiger partial charge in [-0.15, -0.1) is 0 Å². The fourth-order valence-corrected chi connectivity index (χ4v) is 9.01. The van der Waals surface area contributed by atoms with Gasteiger partial charge in [-0.2, -0.15) is 0 Å². The van der Waals surface area contributed by atoms with Gasteiger partial charge in [0.25, 0.3) is 5.91 Å². The zero-order valence-electron chi connectivity index (χ0n) is 17.3. The van der Waals surface area contributed by atoms with Gasteiger partial charge in [0.1, 0.15) is 0 Å². The third-order valence-corrected chi connectivity index (χ3v) is 10.6. The van der Waals surface area contributed by atoms with Crippen LogP contribution in [0.15, 0.2) is 23.1 Å². The Kier molecular flexibility index (Phi) is 5.39. The average Bonchev–Trinajstić information content (AvgIpc) is 2.72. The van der Waals surface area contributed by atoms with Crippen molar-refractivity contribution in [3.63, 3.8) is 0 Å². The number of carbonyl (C=O) groups excluding carboxylic acids is 1. The molecule has 0 radical (unpaired) electrons. The Morgan fingerprint density at radius 2 is 1.67 bits per heavy atom. The molecule has 1 aromatic rings. The highest BCUT2D eigenvalue weighted by Crippen LogP contribution is 2.59. The van der Waals surface area contributed by atoms with Crippen LogP contribution in [0, 0.1) is 23.2 Å². The minimum Gasteiger partial charge on any atom is -0.351 e. The molecule has 1 saturated heterocycles. The monoisotopic (exact) mass is 450 g/mol. The zero-order chi connectivity index (χ0) is 20.9. The number of sulfone groups is 1. The smallest absolute Gasteiger partial charge is 0.252 e. The normalized spacial score (nSPS) is 33.6. The van der Waals surface area contributed by atoms with Gasteiger partial charge < -0.3 is 10.6 Å². The molecule has 6 rings (SSSR count). The van der Waals surface area contributed by atoms with Gasteiger partial charge in [0.15, 0.2) is 9.84 Å². The first kappa shape index (κ1) is 20.8. The molecule has 30 heavy (non-hydrogen) atoms. The molecule has 1 amide bonds. The van der Waals surface area contributed by atoms with E-state index >= 15 is 0 Å². The van der Waals surface area contributed by atoms with Crippen LogP contribution in [0.2, 0.25) is 5.02 Å². The van der Waals surface area contributed by atoms with E-state index in [2.05, 4.69) is 10.6 Å². The minimum absolute atomic E-state index is 0.207. The van der Waals surface area contributed by atoms with Crippen molar-refractivity contribution in [1.82, 2.24) is 10.6 Å². The van der Waals surface area contributed by atoms with E-state index in [9.17, 15) is 13.2 Å². The molecule has 0 spiro atoms. The van der Waals surface area contributed by atoms with E-state index in [0.717, 1.165) is 17.8 Å². The Morgan fingerprint density at radius 1 is 1.07 bits per heavy atom. The molecule has 2 N–H and O–H groups in total. The number of rotatable bonds is 5. The van der Waals surface area contributed by atoms with E-state index in [1.807, 2.05) is 0 Å². The third-order valence-electron chi connectivity index (χ3n) is 8.03. The number of hydrogen-bond donors (Lipinski definition) is 2. The van der Waals surface area contributed by atoms with Gasteiger partial charge in [-0.3, -0.25) is 4.79 Å². The van der Waals surface area contributed by atoms with Crippen molar-refractivity contribution >= 4 is 27.3 Å². The highest BCUT2D eigenvalue weighted by atomic mass is 35.5. The second kappa shape index (κ2) is 7.79. The number of piperidine rings is 1. The molecule has 1 aliphatic heterocycles. The first-order valence-corrected chi connectivity index (χ1v) is 13.3. The van der Waals surface area contributed by atoms with Crippen molar-refractivity contribution in [2.24, 2.45) is 23.2 Å². The fraction of sp³-hybridized carbons (Fsp3) is 0.696. The summed E-state index contributed by atoms with van der Waals surface area (Å²) in [5.74, 6) is 2.23. The zero-order valence-corrected chi connectivity index (χ0v) is 18.9. The van der Waals surface area contributed by atoms with E-state index in [0.29, 0.717) is 37.5 Å². The van der Waals surface area contributed by atoms with Crippen LogP contribution in [0.3, 0.4) is 0 Å². The molecule has 4 saturated carbocycles. The van der Waals surface area contributed by atoms with Crippen LogP contribution >= 0.6 is 11.6 Å². The van der Waals surface area contributed by atoms with Gasteiger partial charge in [-0.25, -0.2) is 8.42 Å². The summed E-state index contributed by atoms with van der Waals surface area (Å²) < 4.78 is 26.1. The maximum absolute atomic E-state index is 13.1. The van der Waals surface area contributed by atoms with Gasteiger partial charge in [0, 0.05) is 6.54 Å². The van der Waals surface area contributed by atoms with Gasteiger partial charge in [-0.05, 0) is 106 Å².